The summed E-state index contributed by atoms with van der Waals surface area (Å²) >= 11 is 1.06. The molecular weight excluding hydrogens is 346 g/mol. The molecule has 0 unspecified atom stereocenters. The zero-order valence-corrected chi connectivity index (χ0v) is 14.5. The predicted octanol–water partition coefficient (Wildman–Crippen LogP) is 2.13. The number of carbonyl (C=O) groups is 2. The number of nitro groups is 1. The third-order valence-electron chi connectivity index (χ3n) is 3.36. The predicted molar refractivity (Wildman–Crippen MR) is 93.4 cm³/mol. The first-order valence-corrected chi connectivity index (χ1v) is 8.19. The molecule has 0 fully saturated rings. The lowest BCUT2D eigenvalue weighted by molar-refractivity contribution is -0.385. The van der Waals surface area contributed by atoms with Gasteiger partial charge in [0.2, 0.25) is 0 Å². The van der Waals surface area contributed by atoms with E-state index in [-0.39, 0.29) is 29.6 Å². The Morgan fingerprint density at radius 1 is 1.16 bits per heavy atom. The Labute approximate surface area is 148 Å². The van der Waals surface area contributed by atoms with Gasteiger partial charge >= 0.3 is 0 Å². The van der Waals surface area contributed by atoms with Gasteiger partial charge in [-0.1, -0.05) is 0 Å². The maximum absolute atomic E-state index is 12.0. The molecule has 8 nitrogen and oxygen atoms in total. The molecule has 1 aromatic heterocycles. The van der Waals surface area contributed by atoms with Gasteiger partial charge in [-0.3, -0.25) is 19.7 Å². The van der Waals surface area contributed by atoms with Crippen LogP contribution in [0.25, 0.3) is 0 Å². The van der Waals surface area contributed by atoms with Gasteiger partial charge in [-0.25, -0.2) is 0 Å². The summed E-state index contributed by atoms with van der Waals surface area (Å²) < 4.78 is 5.02. The number of hydrogen-bond donors (Lipinski definition) is 2. The Morgan fingerprint density at radius 3 is 2.28 bits per heavy atom. The Hall–Kier alpha value is -2.94. The quantitative estimate of drug-likeness (QED) is 0.445. The van der Waals surface area contributed by atoms with Crippen LogP contribution in [0.4, 0.5) is 5.69 Å². The van der Waals surface area contributed by atoms with Crippen molar-refractivity contribution in [2.45, 2.75) is 6.92 Å². The van der Waals surface area contributed by atoms with Crippen molar-refractivity contribution in [3.8, 4) is 5.75 Å². The summed E-state index contributed by atoms with van der Waals surface area (Å²) in [5, 5.41) is 16.1. The maximum atomic E-state index is 12.0. The first-order valence-electron chi connectivity index (χ1n) is 7.37. The van der Waals surface area contributed by atoms with E-state index < -0.39 is 10.8 Å². The van der Waals surface area contributed by atoms with E-state index in [1.54, 1.807) is 38.3 Å². The van der Waals surface area contributed by atoms with Gasteiger partial charge in [-0.2, -0.15) is 0 Å². The molecule has 25 heavy (non-hydrogen) atoms. The van der Waals surface area contributed by atoms with E-state index >= 15 is 0 Å². The van der Waals surface area contributed by atoms with Crippen molar-refractivity contribution in [1.29, 1.82) is 0 Å². The molecule has 9 heteroatoms. The second kappa shape index (κ2) is 8.25. The van der Waals surface area contributed by atoms with Crippen molar-refractivity contribution < 1.29 is 19.2 Å². The number of ether oxygens (including phenoxy) is 1. The third kappa shape index (κ3) is 4.77. The van der Waals surface area contributed by atoms with Crippen LogP contribution in [0.3, 0.4) is 0 Å². The van der Waals surface area contributed by atoms with Gasteiger partial charge in [0.15, 0.2) is 0 Å². The van der Waals surface area contributed by atoms with Crippen LogP contribution >= 0.6 is 11.3 Å². The first-order chi connectivity index (χ1) is 11.9. The van der Waals surface area contributed by atoms with E-state index in [0.717, 1.165) is 11.3 Å². The maximum Gasteiger partial charge on any atom is 0.283 e. The Morgan fingerprint density at radius 2 is 1.76 bits per heavy atom. The van der Waals surface area contributed by atoms with Crippen molar-refractivity contribution in [2.75, 3.05) is 20.2 Å². The average Bonchev–Trinajstić information content (AvgIpc) is 3.00. The van der Waals surface area contributed by atoms with Crippen molar-refractivity contribution in [2.24, 2.45) is 0 Å². The largest absolute Gasteiger partial charge is 0.497 e. The van der Waals surface area contributed by atoms with Crippen LogP contribution in [0.1, 0.15) is 24.9 Å². The number of nitrogens with one attached hydrogen (secondary N) is 2. The number of benzene rings is 1. The second-order valence-corrected chi connectivity index (χ2v) is 6.31. The van der Waals surface area contributed by atoms with Crippen molar-refractivity contribution >= 4 is 28.8 Å². The van der Waals surface area contributed by atoms with Crippen LogP contribution < -0.4 is 15.4 Å². The molecular formula is C16H17N3O5S. The van der Waals surface area contributed by atoms with E-state index in [1.807, 2.05) is 0 Å². The van der Waals surface area contributed by atoms with Crippen LogP contribution in [-0.2, 0) is 0 Å². The molecule has 1 aromatic carbocycles. The van der Waals surface area contributed by atoms with E-state index in [1.165, 1.54) is 6.07 Å². The molecule has 1 heterocycles. The molecule has 2 N–H and O–H groups in total. The summed E-state index contributed by atoms with van der Waals surface area (Å²) in [6.07, 6.45) is 0. The molecule has 0 saturated carbocycles. The normalized spacial score (nSPS) is 10.2. The Balaban J connectivity index is 1.80. The highest BCUT2D eigenvalue weighted by atomic mass is 32.1. The van der Waals surface area contributed by atoms with Crippen LogP contribution in [0.15, 0.2) is 30.3 Å². The summed E-state index contributed by atoms with van der Waals surface area (Å²) in [5.41, 5.74) is 0.416. The van der Waals surface area contributed by atoms with Crippen LogP contribution in [0.2, 0.25) is 0 Å². The molecule has 0 aliphatic rings. The van der Waals surface area contributed by atoms with Gasteiger partial charge in [-0.05, 0) is 31.2 Å². The van der Waals surface area contributed by atoms with Gasteiger partial charge in [0.05, 0.1) is 21.8 Å². The molecule has 2 aromatic rings. The number of rotatable bonds is 7. The van der Waals surface area contributed by atoms with Crippen LogP contribution in [-0.4, -0.2) is 36.9 Å². The summed E-state index contributed by atoms with van der Waals surface area (Å²) in [4.78, 5) is 34.9. The third-order valence-corrected chi connectivity index (χ3v) is 4.40. The number of methoxy groups -OCH3 is 1. The zero-order chi connectivity index (χ0) is 18.4. The molecule has 0 radical (unpaired) electrons. The fraction of sp³-hybridized carbons (Fsp3) is 0.250. The lowest BCUT2D eigenvalue weighted by atomic mass is 10.2. The topological polar surface area (TPSA) is 111 Å². The molecule has 0 aliphatic carbocycles. The summed E-state index contributed by atoms with van der Waals surface area (Å²) in [6, 6.07) is 7.90. The molecule has 2 amide bonds. The van der Waals surface area contributed by atoms with Crippen LogP contribution in [0.5, 0.6) is 5.75 Å². The van der Waals surface area contributed by atoms with Gasteiger partial charge in [0.1, 0.15) is 5.75 Å². The highest BCUT2D eigenvalue weighted by Crippen LogP contribution is 2.27. The number of thiophene rings is 1. The fourth-order valence-electron chi connectivity index (χ4n) is 2.05. The lowest BCUT2D eigenvalue weighted by Crippen LogP contribution is -2.34. The van der Waals surface area contributed by atoms with Crippen LogP contribution in [0, 0.1) is 17.0 Å². The second-order valence-electron chi connectivity index (χ2n) is 5.05. The standard InChI is InChI=1S/C16H17N3O5S/c1-10-13(19(22)23)9-14(25-10)16(21)18-8-7-17-15(20)11-3-5-12(24-2)6-4-11/h3-6,9H,7-8H2,1-2H3,(H,17,20)(H,18,21). The molecule has 0 saturated heterocycles. The van der Waals surface area contributed by atoms with Crippen molar-refractivity contribution in [3.63, 3.8) is 0 Å². The molecule has 0 spiro atoms. The smallest absolute Gasteiger partial charge is 0.283 e. The van der Waals surface area contributed by atoms with E-state index in [0.29, 0.717) is 16.2 Å². The van der Waals surface area contributed by atoms with Gasteiger partial charge < -0.3 is 15.4 Å². The van der Waals surface area contributed by atoms with Crippen molar-refractivity contribution in [3.05, 3.63) is 55.8 Å². The first kappa shape index (κ1) is 18.4. The Bertz CT molecular complexity index is 786. The average molecular weight is 363 g/mol. The molecule has 0 aliphatic heterocycles. The monoisotopic (exact) mass is 363 g/mol. The molecule has 0 atom stereocenters. The van der Waals surface area contributed by atoms with Crippen molar-refractivity contribution in [1.82, 2.24) is 10.6 Å². The van der Waals surface area contributed by atoms with E-state index in [9.17, 15) is 19.7 Å². The highest BCUT2D eigenvalue weighted by molar-refractivity contribution is 7.14. The van der Waals surface area contributed by atoms with E-state index in [2.05, 4.69) is 10.6 Å². The van der Waals surface area contributed by atoms with Gasteiger partial charge in [-0.15, -0.1) is 11.3 Å². The summed E-state index contributed by atoms with van der Waals surface area (Å²) in [5.74, 6) is -0.0106. The summed E-state index contributed by atoms with van der Waals surface area (Å²) in [6.45, 7) is 2.04. The fourth-order valence-corrected chi connectivity index (χ4v) is 2.95. The number of carbonyl (C=O) groups excluding carboxylic acids is 2. The number of amides is 2. The molecule has 0 bridgehead atoms. The number of hydrogen-bond acceptors (Lipinski definition) is 6. The minimum absolute atomic E-state index is 0.0667. The zero-order valence-electron chi connectivity index (χ0n) is 13.7. The minimum Gasteiger partial charge on any atom is -0.497 e. The molecule has 2 rings (SSSR count). The Kier molecular flexibility index (Phi) is 6.07. The highest BCUT2D eigenvalue weighted by Gasteiger charge is 2.19. The number of nitrogens with zero attached hydrogens (tertiary/aromatic N) is 1. The molecule has 132 valence electrons. The van der Waals surface area contributed by atoms with Gasteiger partial charge in [0.25, 0.3) is 17.5 Å². The van der Waals surface area contributed by atoms with Gasteiger partial charge in [0, 0.05) is 24.7 Å². The van der Waals surface area contributed by atoms with E-state index in [4.69, 9.17) is 4.74 Å². The minimum atomic E-state index is -0.516. The SMILES string of the molecule is COc1ccc(C(=O)NCCNC(=O)c2cc([N+](=O)[O-])c(C)s2)cc1. The lowest BCUT2D eigenvalue weighted by Gasteiger charge is -2.07. The number of aryl methyl sites for hydroxylation is 1. The summed E-state index contributed by atoms with van der Waals surface area (Å²) in [7, 11) is 1.54.